The van der Waals surface area contributed by atoms with Gasteiger partial charge in [-0.3, -0.25) is 5.41 Å². The Labute approximate surface area is 103 Å². The first-order valence-corrected chi connectivity index (χ1v) is 6.31. The average molecular weight is 231 g/mol. The molecule has 1 aromatic carbocycles. The second-order valence-corrected chi connectivity index (χ2v) is 4.98. The lowest BCUT2D eigenvalue weighted by Crippen LogP contribution is -2.43. The Hall–Kier alpha value is -1.51. The van der Waals surface area contributed by atoms with Crippen LogP contribution in [0, 0.1) is 11.3 Å². The molecule has 0 bridgehead atoms. The van der Waals surface area contributed by atoms with Crippen LogP contribution in [0.25, 0.3) is 0 Å². The summed E-state index contributed by atoms with van der Waals surface area (Å²) in [7, 11) is 0. The van der Waals surface area contributed by atoms with Crippen molar-refractivity contribution in [1.29, 1.82) is 5.41 Å². The summed E-state index contributed by atoms with van der Waals surface area (Å²) >= 11 is 0. The Morgan fingerprint density at radius 1 is 1.35 bits per heavy atom. The number of nitrogens with two attached hydrogens (primary N) is 1. The third-order valence-electron chi connectivity index (χ3n) is 3.88. The summed E-state index contributed by atoms with van der Waals surface area (Å²) in [5.74, 6) is 0.856. The van der Waals surface area contributed by atoms with Crippen LogP contribution in [-0.2, 0) is 0 Å². The van der Waals surface area contributed by atoms with Crippen molar-refractivity contribution in [3.05, 3.63) is 29.8 Å². The number of benzene rings is 1. The van der Waals surface area contributed by atoms with Gasteiger partial charge in [-0.1, -0.05) is 19.1 Å². The predicted octanol–water partition coefficient (Wildman–Crippen LogP) is 2.60. The lowest BCUT2D eigenvalue weighted by molar-refractivity contribution is 0.363. The molecule has 17 heavy (non-hydrogen) atoms. The number of rotatable bonds is 2. The molecular weight excluding hydrogens is 210 g/mol. The summed E-state index contributed by atoms with van der Waals surface area (Å²) in [6.07, 6.45) is 2.51. The van der Waals surface area contributed by atoms with Crippen molar-refractivity contribution in [2.45, 2.75) is 32.7 Å². The lowest BCUT2D eigenvalue weighted by atomic mass is 9.91. The van der Waals surface area contributed by atoms with Crippen molar-refractivity contribution in [2.24, 2.45) is 11.7 Å². The summed E-state index contributed by atoms with van der Waals surface area (Å²) in [6.45, 7) is 5.63. The lowest BCUT2D eigenvalue weighted by Gasteiger charge is -2.40. The van der Waals surface area contributed by atoms with E-state index < -0.39 is 0 Å². The van der Waals surface area contributed by atoms with Gasteiger partial charge in [-0.05, 0) is 37.8 Å². The average Bonchev–Trinajstić information content (AvgIpc) is 2.33. The highest BCUT2D eigenvalue weighted by Gasteiger charge is 2.26. The highest BCUT2D eigenvalue weighted by Crippen LogP contribution is 2.30. The molecule has 1 aliphatic rings. The fourth-order valence-electron chi connectivity index (χ4n) is 2.63. The molecule has 3 N–H and O–H groups in total. The van der Waals surface area contributed by atoms with E-state index in [0.29, 0.717) is 12.0 Å². The molecule has 0 aromatic heterocycles. The quantitative estimate of drug-likeness (QED) is 0.607. The van der Waals surface area contributed by atoms with Gasteiger partial charge in [0.1, 0.15) is 5.84 Å². The van der Waals surface area contributed by atoms with Crippen molar-refractivity contribution < 1.29 is 0 Å². The van der Waals surface area contributed by atoms with Gasteiger partial charge >= 0.3 is 0 Å². The van der Waals surface area contributed by atoms with E-state index in [9.17, 15) is 0 Å². The van der Waals surface area contributed by atoms with Crippen molar-refractivity contribution >= 4 is 11.5 Å². The van der Waals surface area contributed by atoms with Crippen LogP contribution in [-0.4, -0.2) is 18.4 Å². The van der Waals surface area contributed by atoms with Gasteiger partial charge in [-0.2, -0.15) is 0 Å². The van der Waals surface area contributed by atoms with Crippen LogP contribution in [0.15, 0.2) is 24.3 Å². The summed E-state index contributed by atoms with van der Waals surface area (Å²) in [5, 5.41) is 7.66. The number of para-hydroxylation sites is 1. The van der Waals surface area contributed by atoms with Gasteiger partial charge in [0.25, 0.3) is 0 Å². The molecule has 1 aromatic rings. The maximum atomic E-state index is 7.66. The van der Waals surface area contributed by atoms with Gasteiger partial charge in [-0.15, -0.1) is 0 Å². The predicted molar refractivity (Wildman–Crippen MR) is 72.7 cm³/mol. The molecule has 2 unspecified atom stereocenters. The second kappa shape index (κ2) is 4.78. The van der Waals surface area contributed by atoms with Crippen LogP contribution in [0.5, 0.6) is 0 Å². The second-order valence-electron chi connectivity index (χ2n) is 4.98. The number of hydrogen-bond donors (Lipinski definition) is 2. The molecule has 1 fully saturated rings. The Bertz CT molecular complexity index is 414. The molecule has 0 amide bonds. The summed E-state index contributed by atoms with van der Waals surface area (Å²) in [5.41, 5.74) is 7.62. The maximum absolute atomic E-state index is 7.66. The zero-order chi connectivity index (χ0) is 12.4. The Balaban J connectivity index is 2.36. The highest BCUT2D eigenvalue weighted by molar-refractivity contribution is 6.00. The zero-order valence-corrected chi connectivity index (χ0v) is 10.6. The molecular formula is C14H21N3. The van der Waals surface area contributed by atoms with Crippen LogP contribution in [0.1, 0.15) is 32.3 Å². The molecule has 3 nitrogen and oxygen atoms in total. The summed E-state index contributed by atoms with van der Waals surface area (Å²) < 4.78 is 0. The van der Waals surface area contributed by atoms with Crippen LogP contribution in [0.4, 0.5) is 5.69 Å². The molecule has 1 aliphatic heterocycles. The van der Waals surface area contributed by atoms with Crippen LogP contribution < -0.4 is 10.6 Å². The van der Waals surface area contributed by atoms with Gasteiger partial charge in [0.05, 0.1) is 0 Å². The monoisotopic (exact) mass is 231 g/mol. The van der Waals surface area contributed by atoms with Crippen molar-refractivity contribution in [3.8, 4) is 0 Å². The number of amidine groups is 1. The van der Waals surface area contributed by atoms with E-state index in [1.807, 2.05) is 18.2 Å². The molecule has 0 aliphatic carbocycles. The van der Waals surface area contributed by atoms with E-state index in [4.69, 9.17) is 11.1 Å². The summed E-state index contributed by atoms with van der Waals surface area (Å²) in [4.78, 5) is 2.39. The van der Waals surface area contributed by atoms with E-state index in [0.717, 1.165) is 17.8 Å². The number of piperidine rings is 1. The smallest absolute Gasteiger partial charge is 0.124 e. The van der Waals surface area contributed by atoms with Crippen LogP contribution in [0.3, 0.4) is 0 Å². The largest absolute Gasteiger partial charge is 0.384 e. The number of nitrogens with one attached hydrogen (secondary N) is 1. The third-order valence-corrected chi connectivity index (χ3v) is 3.88. The minimum Gasteiger partial charge on any atom is -0.384 e. The molecule has 0 saturated carbocycles. The fourth-order valence-corrected chi connectivity index (χ4v) is 2.63. The molecule has 92 valence electrons. The first-order chi connectivity index (χ1) is 8.11. The Morgan fingerprint density at radius 3 is 2.76 bits per heavy atom. The molecule has 1 saturated heterocycles. The summed E-state index contributed by atoms with van der Waals surface area (Å²) in [6, 6.07) is 8.49. The van der Waals surface area contributed by atoms with E-state index >= 15 is 0 Å². The zero-order valence-electron chi connectivity index (χ0n) is 10.6. The van der Waals surface area contributed by atoms with E-state index in [1.54, 1.807) is 0 Å². The highest BCUT2D eigenvalue weighted by atomic mass is 15.2. The SMILES string of the molecule is CC1CCCN(c2ccccc2C(=N)N)C1C. The first-order valence-electron chi connectivity index (χ1n) is 6.31. The number of hydrogen-bond acceptors (Lipinski definition) is 2. The van der Waals surface area contributed by atoms with Gasteiger partial charge in [-0.25, -0.2) is 0 Å². The molecule has 0 spiro atoms. The maximum Gasteiger partial charge on any atom is 0.124 e. The molecule has 2 atom stereocenters. The fraction of sp³-hybridized carbons (Fsp3) is 0.500. The van der Waals surface area contributed by atoms with Gasteiger partial charge in [0.2, 0.25) is 0 Å². The Morgan fingerprint density at radius 2 is 2.06 bits per heavy atom. The van der Waals surface area contributed by atoms with Gasteiger partial charge in [0, 0.05) is 23.8 Å². The van der Waals surface area contributed by atoms with Gasteiger partial charge in [0.15, 0.2) is 0 Å². The topological polar surface area (TPSA) is 53.1 Å². The number of anilines is 1. The minimum atomic E-state index is 0.158. The number of nitrogen functional groups attached to an aromatic ring is 1. The normalized spacial score (nSPS) is 24.7. The van der Waals surface area contributed by atoms with E-state index in [-0.39, 0.29) is 5.84 Å². The minimum absolute atomic E-state index is 0.158. The van der Waals surface area contributed by atoms with Crippen LogP contribution >= 0.6 is 0 Å². The molecule has 3 heteroatoms. The van der Waals surface area contributed by atoms with Crippen molar-refractivity contribution in [1.82, 2.24) is 0 Å². The van der Waals surface area contributed by atoms with Crippen molar-refractivity contribution in [2.75, 3.05) is 11.4 Å². The standard InChI is InChI=1S/C14H21N3/c1-10-6-5-9-17(11(10)2)13-8-4-3-7-12(13)14(15)16/h3-4,7-8,10-11H,5-6,9H2,1-2H3,(H3,15,16). The molecule has 2 rings (SSSR count). The van der Waals surface area contributed by atoms with Crippen molar-refractivity contribution in [3.63, 3.8) is 0 Å². The van der Waals surface area contributed by atoms with Gasteiger partial charge < -0.3 is 10.6 Å². The van der Waals surface area contributed by atoms with E-state index in [1.165, 1.54) is 12.8 Å². The van der Waals surface area contributed by atoms with E-state index in [2.05, 4.69) is 24.8 Å². The number of nitrogens with zero attached hydrogens (tertiary/aromatic N) is 1. The van der Waals surface area contributed by atoms with Crippen LogP contribution in [0.2, 0.25) is 0 Å². The third kappa shape index (κ3) is 2.28. The molecule has 1 heterocycles. The molecule has 0 radical (unpaired) electrons. The first kappa shape index (κ1) is 12.0. The Kier molecular flexibility index (Phi) is 3.36.